The van der Waals surface area contributed by atoms with Crippen molar-refractivity contribution in [2.24, 2.45) is 9.98 Å². The summed E-state index contributed by atoms with van der Waals surface area (Å²) in [6, 6.07) is 84.0. The second-order valence-electron chi connectivity index (χ2n) is 17.8. The zero-order valence-corrected chi connectivity index (χ0v) is 37.3. The fourth-order valence-electron chi connectivity index (χ4n) is 10.6. The van der Waals surface area contributed by atoms with E-state index in [0.717, 1.165) is 83.6 Å². The van der Waals surface area contributed by atoms with Gasteiger partial charge < -0.3 is 18.9 Å². The first-order valence-electron chi connectivity index (χ1n) is 23.4. The maximum Gasteiger partial charge on any atom is 0.159 e. The number of hydrogen-bond acceptors (Lipinski definition) is 4. The highest BCUT2D eigenvalue weighted by molar-refractivity contribution is 6.17. The smallest absolute Gasteiger partial charge is 0.159 e. The van der Waals surface area contributed by atoms with E-state index < -0.39 is 0 Å². The first kappa shape index (κ1) is 39.0. The molecule has 10 aromatic carbocycles. The van der Waals surface area contributed by atoms with Gasteiger partial charge in [-0.1, -0.05) is 158 Å². The molecule has 0 saturated heterocycles. The minimum absolute atomic E-state index is 0.308. The van der Waals surface area contributed by atoms with Crippen LogP contribution in [0.15, 0.2) is 251 Å². The molecule has 13 aromatic rings. The summed E-state index contributed by atoms with van der Waals surface area (Å²) >= 11 is 0. The number of rotatable bonds is 7. The van der Waals surface area contributed by atoms with Gasteiger partial charge in [-0.25, -0.2) is 9.98 Å². The molecule has 0 spiro atoms. The van der Waals surface area contributed by atoms with Crippen LogP contribution in [0.25, 0.3) is 99.2 Å². The van der Waals surface area contributed by atoms with Gasteiger partial charge in [-0.3, -0.25) is 0 Å². The zero-order valence-electron chi connectivity index (χ0n) is 37.3. The predicted molar refractivity (Wildman–Crippen MR) is 285 cm³/mol. The number of benzene rings is 10. The third-order valence-electron chi connectivity index (χ3n) is 13.8. The van der Waals surface area contributed by atoms with Crippen molar-refractivity contribution in [3.63, 3.8) is 0 Å². The summed E-state index contributed by atoms with van der Waals surface area (Å²) < 4.78 is 11.3. The largest absolute Gasteiger partial charge is 0.456 e. The van der Waals surface area contributed by atoms with Crippen molar-refractivity contribution in [3.8, 4) is 33.6 Å². The van der Waals surface area contributed by atoms with Crippen LogP contribution >= 0.6 is 0 Å². The molecule has 1 unspecified atom stereocenters. The fraction of sp³-hybridized carbons (Fsp3) is 0.0159. The third-order valence-corrected chi connectivity index (χ3v) is 13.8. The van der Waals surface area contributed by atoms with Gasteiger partial charge in [0.2, 0.25) is 0 Å². The molecule has 0 bridgehead atoms. The van der Waals surface area contributed by atoms with Gasteiger partial charge in [-0.05, 0) is 107 Å². The molecule has 4 heterocycles. The van der Waals surface area contributed by atoms with Crippen molar-refractivity contribution in [3.05, 3.63) is 253 Å². The Hall–Kier alpha value is -9.26. The standard InChI is InChI=1S/C63H41N5O/c1-4-15-40(16-5-1)61-64-62(41-17-6-2-7-18-41)66-63(65-61)42-27-32-47(33-28-42)68-55-25-13-11-22-50(55)52-39-45(30-35-57(52)68)48-23-14-26-59-60(48)53-38-44(31-36-58(53)69-59)43-29-34-56-51(37-43)49-21-10-12-24-54(49)67(56)46-19-8-3-9-20-46/h1-39,63H,(H,64,65,66). The topological polar surface area (TPSA) is 59.8 Å². The first-order valence-corrected chi connectivity index (χ1v) is 23.4. The van der Waals surface area contributed by atoms with Gasteiger partial charge in [0.1, 0.15) is 23.2 Å². The summed E-state index contributed by atoms with van der Waals surface area (Å²) in [4.78, 5) is 10.1. The number of nitrogens with zero attached hydrogens (tertiary/aromatic N) is 4. The summed E-state index contributed by atoms with van der Waals surface area (Å²) in [5, 5.41) is 10.7. The van der Waals surface area contributed by atoms with Crippen LogP contribution in [0.2, 0.25) is 0 Å². The lowest BCUT2D eigenvalue weighted by atomic mass is 9.96. The van der Waals surface area contributed by atoms with Crippen LogP contribution in [-0.4, -0.2) is 20.8 Å². The Morgan fingerprint density at radius 3 is 1.59 bits per heavy atom. The molecule has 3 aromatic heterocycles. The number of hydrogen-bond donors (Lipinski definition) is 1. The Morgan fingerprint density at radius 2 is 0.913 bits per heavy atom. The minimum Gasteiger partial charge on any atom is -0.456 e. The highest BCUT2D eigenvalue weighted by Gasteiger charge is 2.23. The van der Waals surface area contributed by atoms with Crippen LogP contribution in [0, 0.1) is 0 Å². The normalized spacial score (nSPS) is 13.9. The van der Waals surface area contributed by atoms with Crippen LogP contribution in [-0.2, 0) is 0 Å². The highest BCUT2D eigenvalue weighted by Crippen LogP contribution is 2.42. The molecule has 0 radical (unpaired) electrons. The summed E-state index contributed by atoms with van der Waals surface area (Å²) in [7, 11) is 0. The Kier molecular flexibility index (Phi) is 8.86. The molecule has 0 amide bonds. The summed E-state index contributed by atoms with van der Waals surface area (Å²) in [6.45, 7) is 0. The van der Waals surface area contributed by atoms with Gasteiger partial charge in [0.15, 0.2) is 5.84 Å². The molecular weight excluding hydrogens is 843 g/mol. The monoisotopic (exact) mass is 883 g/mol. The van der Waals surface area contributed by atoms with Crippen molar-refractivity contribution in [2.45, 2.75) is 6.17 Å². The second kappa shape index (κ2) is 15.7. The van der Waals surface area contributed by atoms with E-state index in [1.165, 1.54) is 38.1 Å². The van der Waals surface area contributed by atoms with Crippen LogP contribution in [0.5, 0.6) is 0 Å². The van der Waals surface area contributed by atoms with E-state index in [0.29, 0.717) is 5.84 Å². The van der Waals surface area contributed by atoms with E-state index in [9.17, 15) is 0 Å². The Labute approximate surface area is 397 Å². The lowest BCUT2D eigenvalue weighted by Gasteiger charge is -2.24. The van der Waals surface area contributed by atoms with Crippen molar-refractivity contribution >= 4 is 77.2 Å². The lowest BCUT2D eigenvalue weighted by Crippen LogP contribution is -2.33. The molecule has 1 N–H and O–H groups in total. The summed E-state index contributed by atoms with van der Waals surface area (Å²) in [5.74, 6) is 1.51. The first-order chi connectivity index (χ1) is 34.2. The van der Waals surface area contributed by atoms with E-state index in [2.05, 4.69) is 215 Å². The molecular formula is C63H41N5O. The molecule has 69 heavy (non-hydrogen) atoms. The van der Waals surface area contributed by atoms with Crippen LogP contribution in [0.4, 0.5) is 0 Å². The van der Waals surface area contributed by atoms with E-state index in [4.69, 9.17) is 14.4 Å². The van der Waals surface area contributed by atoms with Crippen LogP contribution in [0.1, 0.15) is 22.9 Å². The molecule has 1 aliphatic heterocycles. The van der Waals surface area contributed by atoms with Gasteiger partial charge >= 0.3 is 0 Å². The zero-order chi connectivity index (χ0) is 45.4. The number of fused-ring (bicyclic) bond motifs is 9. The number of aromatic nitrogens is 2. The average molecular weight is 884 g/mol. The second-order valence-corrected chi connectivity index (χ2v) is 17.8. The lowest BCUT2D eigenvalue weighted by molar-refractivity contribution is 0.669. The van der Waals surface area contributed by atoms with Gasteiger partial charge in [0, 0.05) is 54.8 Å². The maximum absolute atomic E-state index is 6.59. The van der Waals surface area contributed by atoms with Crippen LogP contribution < -0.4 is 5.32 Å². The fourth-order valence-corrected chi connectivity index (χ4v) is 10.6. The number of amidine groups is 2. The molecule has 0 aliphatic carbocycles. The number of para-hydroxylation sites is 3. The summed E-state index contributed by atoms with van der Waals surface area (Å²) in [6.07, 6.45) is -0.308. The molecule has 14 rings (SSSR count). The maximum atomic E-state index is 6.59. The van der Waals surface area contributed by atoms with Gasteiger partial charge in [-0.15, -0.1) is 0 Å². The third kappa shape index (κ3) is 6.41. The molecule has 6 nitrogen and oxygen atoms in total. The van der Waals surface area contributed by atoms with Crippen LogP contribution in [0.3, 0.4) is 0 Å². The highest BCUT2D eigenvalue weighted by atomic mass is 16.3. The Balaban J connectivity index is 0.845. The average Bonchev–Trinajstić information content (AvgIpc) is 4.08. The van der Waals surface area contributed by atoms with Crippen molar-refractivity contribution < 1.29 is 4.42 Å². The minimum atomic E-state index is -0.308. The van der Waals surface area contributed by atoms with Gasteiger partial charge in [0.05, 0.1) is 22.1 Å². The van der Waals surface area contributed by atoms with Crippen molar-refractivity contribution in [2.75, 3.05) is 0 Å². The number of furan rings is 1. The van der Waals surface area contributed by atoms with Crippen molar-refractivity contribution in [1.82, 2.24) is 14.5 Å². The molecule has 0 fully saturated rings. The van der Waals surface area contributed by atoms with E-state index in [1.54, 1.807) is 0 Å². The molecule has 1 atom stereocenters. The quantitative estimate of drug-likeness (QED) is 0.173. The Morgan fingerprint density at radius 1 is 0.377 bits per heavy atom. The van der Waals surface area contributed by atoms with Gasteiger partial charge in [-0.2, -0.15) is 0 Å². The van der Waals surface area contributed by atoms with E-state index >= 15 is 0 Å². The van der Waals surface area contributed by atoms with E-state index in [-0.39, 0.29) is 6.17 Å². The van der Waals surface area contributed by atoms with Gasteiger partial charge in [0.25, 0.3) is 0 Å². The number of aliphatic imine (C=N–C) groups is 2. The SMILES string of the molecule is c1ccc(C2=NC(c3ccc(-n4c5ccccc5c5cc(-c6cccc7oc8ccc(-c9ccc%10c(c9)c9ccccc9n%10-c9ccccc9)cc8c67)ccc54)cc3)NC(c3ccccc3)=N2)cc1. The summed E-state index contributed by atoms with van der Waals surface area (Å²) in [5.41, 5.74) is 16.3. The van der Waals surface area contributed by atoms with E-state index in [1.807, 2.05) is 36.4 Å². The molecule has 0 saturated carbocycles. The van der Waals surface area contributed by atoms with Crippen molar-refractivity contribution in [1.29, 1.82) is 0 Å². The molecule has 324 valence electrons. The molecule has 1 aliphatic rings. The predicted octanol–water partition coefficient (Wildman–Crippen LogP) is 15.6. The Bertz CT molecular complexity index is 4200. The number of nitrogens with one attached hydrogen (secondary N) is 1. The molecule has 6 heteroatoms.